The van der Waals surface area contributed by atoms with E-state index in [9.17, 15) is 4.79 Å². The summed E-state index contributed by atoms with van der Waals surface area (Å²) in [7, 11) is 0. The van der Waals surface area contributed by atoms with E-state index in [1.54, 1.807) is 0 Å². The lowest BCUT2D eigenvalue weighted by molar-refractivity contribution is -0.123. The number of rotatable bonds is 7. The molecule has 94 valence electrons. The van der Waals surface area contributed by atoms with Crippen LogP contribution in [0, 0.1) is 5.92 Å². The lowest BCUT2D eigenvalue weighted by Gasteiger charge is -2.15. The van der Waals surface area contributed by atoms with Crippen LogP contribution in [-0.4, -0.2) is 30.5 Å². The van der Waals surface area contributed by atoms with Crippen molar-refractivity contribution in [3.63, 3.8) is 0 Å². The predicted octanol–water partition coefficient (Wildman–Crippen LogP) is 2.48. The van der Waals surface area contributed by atoms with Crippen molar-refractivity contribution in [1.82, 2.24) is 5.32 Å². The summed E-state index contributed by atoms with van der Waals surface area (Å²) in [6, 6.07) is 0. The Morgan fingerprint density at radius 2 is 2.44 bits per heavy atom. The molecule has 3 nitrogen and oxygen atoms in total. The first-order valence-corrected chi connectivity index (χ1v) is 7.32. The highest BCUT2D eigenvalue weighted by Crippen LogP contribution is 2.15. The van der Waals surface area contributed by atoms with Crippen LogP contribution in [0.15, 0.2) is 0 Å². The van der Waals surface area contributed by atoms with Crippen LogP contribution in [0.5, 0.6) is 0 Å². The highest BCUT2D eigenvalue weighted by Gasteiger charge is 2.19. The van der Waals surface area contributed by atoms with Crippen molar-refractivity contribution < 1.29 is 9.53 Å². The Kier molecular flexibility index (Phi) is 7.05. The molecular formula is C12H22BrNO2. The second-order valence-electron chi connectivity index (χ2n) is 4.40. The van der Waals surface area contributed by atoms with Crippen molar-refractivity contribution >= 4 is 21.8 Å². The molecule has 0 spiro atoms. The van der Waals surface area contributed by atoms with Gasteiger partial charge in [0.1, 0.15) is 0 Å². The minimum atomic E-state index is 0.139. The van der Waals surface area contributed by atoms with E-state index < -0.39 is 0 Å². The van der Waals surface area contributed by atoms with E-state index in [-0.39, 0.29) is 12.0 Å². The van der Waals surface area contributed by atoms with E-state index in [0.29, 0.717) is 12.3 Å². The van der Waals surface area contributed by atoms with Gasteiger partial charge in [0.25, 0.3) is 0 Å². The molecule has 1 saturated heterocycles. The normalized spacial score (nSPS) is 22.0. The molecule has 1 fully saturated rings. The molecule has 0 bridgehead atoms. The van der Waals surface area contributed by atoms with Gasteiger partial charge in [-0.25, -0.2) is 0 Å². The van der Waals surface area contributed by atoms with Gasteiger partial charge in [0, 0.05) is 18.5 Å². The molecule has 1 aliphatic heterocycles. The van der Waals surface area contributed by atoms with Crippen molar-refractivity contribution in [3.8, 4) is 0 Å². The van der Waals surface area contributed by atoms with Gasteiger partial charge >= 0.3 is 0 Å². The highest BCUT2D eigenvalue weighted by molar-refractivity contribution is 9.09. The summed E-state index contributed by atoms with van der Waals surface area (Å²) in [4.78, 5) is 11.6. The van der Waals surface area contributed by atoms with Crippen LogP contribution in [0.3, 0.4) is 0 Å². The lowest BCUT2D eigenvalue weighted by atomic mass is 10.0. The Morgan fingerprint density at radius 1 is 1.62 bits per heavy atom. The molecular weight excluding hydrogens is 270 g/mol. The fourth-order valence-corrected chi connectivity index (χ4v) is 2.59. The fourth-order valence-electron chi connectivity index (χ4n) is 1.95. The van der Waals surface area contributed by atoms with Crippen LogP contribution in [0.4, 0.5) is 0 Å². The minimum Gasteiger partial charge on any atom is -0.378 e. The SMILES string of the molecule is CCC(CCBr)CNC(=O)CC1CCCO1. The van der Waals surface area contributed by atoms with E-state index in [1.807, 2.05) is 0 Å². The Morgan fingerprint density at radius 3 is 3.00 bits per heavy atom. The van der Waals surface area contributed by atoms with Crippen LogP contribution in [0.1, 0.15) is 39.0 Å². The van der Waals surface area contributed by atoms with Gasteiger partial charge in [-0.2, -0.15) is 0 Å². The molecule has 1 heterocycles. The van der Waals surface area contributed by atoms with Crippen molar-refractivity contribution in [2.24, 2.45) is 5.92 Å². The van der Waals surface area contributed by atoms with Gasteiger partial charge in [0.05, 0.1) is 12.5 Å². The first kappa shape index (κ1) is 14.0. The summed E-state index contributed by atoms with van der Waals surface area (Å²) in [5.41, 5.74) is 0. The summed E-state index contributed by atoms with van der Waals surface area (Å²) in [6.45, 7) is 3.78. The van der Waals surface area contributed by atoms with Crippen molar-refractivity contribution in [2.75, 3.05) is 18.5 Å². The van der Waals surface area contributed by atoms with E-state index in [1.165, 1.54) is 0 Å². The average Bonchev–Trinajstić information content (AvgIpc) is 2.76. The third kappa shape index (κ3) is 5.30. The van der Waals surface area contributed by atoms with Gasteiger partial charge in [-0.1, -0.05) is 29.3 Å². The highest BCUT2D eigenvalue weighted by atomic mass is 79.9. The summed E-state index contributed by atoms with van der Waals surface area (Å²) in [6.07, 6.45) is 5.06. The second-order valence-corrected chi connectivity index (χ2v) is 5.19. The molecule has 1 aliphatic rings. The molecule has 16 heavy (non-hydrogen) atoms. The molecule has 1 rings (SSSR count). The third-order valence-corrected chi connectivity index (χ3v) is 3.58. The van der Waals surface area contributed by atoms with Gasteiger partial charge in [-0.05, 0) is 25.2 Å². The number of nitrogens with one attached hydrogen (secondary N) is 1. The largest absolute Gasteiger partial charge is 0.378 e. The predicted molar refractivity (Wildman–Crippen MR) is 68.8 cm³/mol. The summed E-state index contributed by atoms with van der Waals surface area (Å²) in [5.74, 6) is 0.729. The van der Waals surface area contributed by atoms with Crippen LogP contribution in [0.25, 0.3) is 0 Å². The first-order valence-electron chi connectivity index (χ1n) is 6.20. The molecule has 0 aromatic heterocycles. The topological polar surface area (TPSA) is 38.3 Å². The van der Waals surface area contributed by atoms with E-state index in [4.69, 9.17) is 4.74 Å². The van der Waals surface area contributed by atoms with Crippen molar-refractivity contribution in [1.29, 1.82) is 0 Å². The molecule has 4 heteroatoms. The number of alkyl halides is 1. The molecule has 2 unspecified atom stereocenters. The smallest absolute Gasteiger partial charge is 0.222 e. The average molecular weight is 292 g/mol. The van der Waals surface area contributed by atoms with Crippen LogP contribution in [0.2, 0.25) is 0 Å². The first-order chi connectivity index (χ1) is 7.76. The zero-order chi connectivity index (χ0) is 11.8. The fraction of sp³-hybridized carbons (Fsp3) is 0.917. The van der Waals surface area contributed by atoms with Gasteiger partial charge in [-0.3, -0.25) is 4.79 Å². The van der Waals surface area contributed by atoms with Gasteiger partial charge in [0.2, 0.25) is 5.91 Å². The maximum absolute atomic E-state index is 11.6. The van der Waals surface area contributed by atoms with Gasteiger partial charge < -0.3 is 10.1 Å². The lowest BCUT2D eigenvalue weighted by Crippen LogP contribution is -2.31. The molecule has 2 atom stereocenters. The molecule has 0 aromatic carbocycles. The number of halogens is 1. The summed E-state index contributed by atoms with van der Waals surface area (Å²) >= 11 is 3.44. The molecule has 0 aliphatic carbocycles. The molecule has 0 saturated carbocycles. The Balaban J connectivity index is 2.12. The van der Waals surface area contributed by atoms with E-state index in [2.05, 4.69) is 28.2 Å². The maximum Gasteiger partial charge on any atom is 0.222 e. The van der Waals surface area contributed by atoms with E-state index >= 15 is 0 Å². The van der Waals surface area contributed by atoms with Gasteiger partial charge in [0.15, 0.2) is 0 Å². The van der Waals surface area contributed by atoms with Crippen LogP contribution in [-0.2, 0) is 9.53 Å². The quantitative estimate of drug-likeness (QED) is 0.732. The standard InChI is InChI=1S/C12H22BrNO2/c1-2-10(5-6-13)9-14-12(15)8-11-4-3-7-16-11/h10-11H,2-9H2,1H3,(H,14,15). The number of hydrogen-bond donors (Lipinski definition) is 1. The van der Waals surface area contributed by atoms with Crippen LogP contribution < -0.4 is 5.32 Å². The number of hydrogen-bond acceptors (Lipinski definition) is 2. The number of carbonyl (C=O) groups is 1. The molecule has 1 amide bonds. The minimum absolute atomic E-state index is 0.139. The number of carbonyl (C=O) groups excluding carboxylic acids is 1. The van der Waals surface area contributed by atoms with Gasteiger partial charge in [-0.15, -0.1) is 0 Å². The van der Waals surface area contributed by atoms with Crippen LogP contribution >= 0.6 is 15.9 Å². The Bertz CT molecular complexity index is 205. The van der Waals surface area contributed by atoms with E-state index in [0.717, 1.165) is 44.2 Å². The number of amides is 1. The molecule has 0 aromatic rings. The Hall–Kier alpha value is -0.0900. The zero-order valence-electron chi connectivity index (χ0n) is 10.0. The summed E-state index contributed by atoms with van der Waals surface area (Å²) < 4.78 is 5.44. The van der Waals surface area contributed by atoms with Crippen molar-refractivity contribution in [2.45, 2.75) is 45.1 Å². The third-order valence-electron chi connectivity index (χ3n) is 3.12. The van der Waals surface area contributed by atoms with Crippen molar-refractivity contribution in [3.05, 3.63) is 0 Å². The second kappa shape index (κ2) is 8.07. The summed E-state index contributed by atoms with van der Waals surface area (Å²) in [5, 5.41) is 4.01. The Labute approximate surface area is 106 Å². The monoisotopic (exact) mass is 291 g/mol. The zero-order valence-corrected chi connectivity index (χ0v) is 11.6. The molecule has 1 N–H and O–H groups in total. The molecule has 0 radical (unpaired) electrons. The number of ether oxygens (including phenoxy) is 1. The maximum atomic E-state index is 11.6.